The third-order valence-corrected chi connectivity index (χ3v) is 6.07. The summed E-state index contributed by atoms with van der Waals surface area (Å²) in [6.45, 7) is 0. The zero-order valence-corrected chi connectivity index (χ0v) is 15.0. The zero-order chi connectivity index (χ0) is 18.5. The number of fused-ring (bicyclic) bond motifs is 4. The van der Waals surface area contributed by atoms with Crippen molar-refractivity contribution in [3.05, 3.63) is 72.8 Å². The van der Waals surface area contributed by atoms with Crippen molar-refractivity contribution in [2.24, 2.45) is 0 Å². The number of hydrogen-bond acceptors (Lipinski definition) is 4. The Hall–Kier alpha value is -3.36. The molecule has 5 heteroatoms. The first-order chi connectivity index (χ1) is 13.1. The minimum atomic E-state index is -2.14. The number of hydrogen-bond donors (Lipinski definition) is 2. The molecule has 4 nitrogen and oxygen atoms in total. The predicted octanol–water partition coefficient (Wildman–Crippen LogP) is 6.56. The van der Waals surface area contributed by atoms with Crippen molar-refractivity contribution >= 4 is 39.9 Å². The van der Waals surface area contributed by atoms with Gasteiger partial charge in [-0.05, 0) is 46.3 Å². The molecule has 5 aromatic rings. The second kappa shape index (κ2) is 5.83. The number of rotatable bonds is 1. The van der Waals surface area contributed by atoms with E-state index in [1.54, 1.807) is 30.3 Å². The molecule has 0 aliphatic rings. The van der Waals surface area contributed by atoms with E-state index in [0.717, 1.165) is 10.8 Å². The van der Waals surface area contributed by atoms with Crippen molar-refractivity contribution in [2.75, 3.05) is 0 Å². The van der Waals surface area contributed by atoms with Crippen molar-refractivity contribution in [2.45, 2.75) is 0 Å². The highest BCUT2D eigenvalue weighted by Crippen LogP contribution is 2.46. The molecule has 1 aromatic heterocycles. The third kappa shape index (κ3) is 2.31. The Balaban J connectivity index is 2.00. The topological polar surface area (TPSA) is 70.7 Å². The van der Waals surface area contributed by atoms with Crippen molar-refractivity contribution in [3.63, 3.8) is 0 Å². The molecular weight excluding hydrogens is 359 g/mol. The largest absolute Gasteiger partial charge is 0.598 e. The molecule has 4 aromatic carbocycles. The number of benzene rings is 4. The van der Waals surface area contributed by atoms with E-state index in [2.05, 4.69) is 0 Å². The maximum Gasteiger partial charge on any atom is 0.598 e. The second-order valence-electron chi connectivity index (χ2n) is 6.38. The normalized spacial score (nSPS) is 12.1. The fraction of sp³-hybridized carbons (Fsp3) is 0. The van der Waals surface area contributed by atoms with Crippen LogP contribution in [0.1, 0.15) is 0 Å². The van der Waals surface area contributed by atoms with Crippen LogP contribution < -0.4 is 0 Å². The highest BCUT2D eigenvalue weighted by Gasteiger charge is 2.24. The predicted molar refractivity (Wildman–Crippen MR) is 108 cm³/mol. The van der Waals surface area contributed by atoms with Gasteiger partial charge in [0.1, 0.15) is 11.5 Å². The van der Waals surface area contributed by atoms with Crippen molar-refractivity contribution in [3.8, 4) is 22.6 Å². The fourth-order valence-electron chi connectivity index (χ4n) is 3.68. The van der Waals surface area contributed by atoms with Crippen LogP contribution in [0.25, 0.3) is 43.4 Å². The first-order valence-corrected chi connectivity index (χ1v) is 9.64. The summed E-state index contributed by atoms with van der Waals surface area (Å²) in [5, 5.41) is 24.4. The number of para-hydroxylation sites is 1. The van der Waals surface area contributed by atoms with E-state index in [1.807, 2.05) is 42.5 Å². The van der Waals surface area contributed by atoms with Crippen LogP contribution in [0.2, 0.25) is 0 Å². The Bertz CT molecular complexity index is 1420. The van der Waals surface area contributed by atoms with Gasteiger partial charge < -0.3 is 10.2 Å². The van der Waals surface area contributed by atoms with Gasteiger partial charge in [-0.1, -0.05) is 36.4 Å². The van der Waals surface area contributed by atoms with E-state index < -0.39 is 7.65 Å². The molecule has 0 spiro atoms. The minimum absolute atomic E-state index is 0.0590. The van der Waals surface area contributed by atoms with Crippen molar-refractivity contribution < 1.29 is 19.0 Å². The molecule has 5 rings (SSSR count). The monoisotopic (exact) mass is 373 g/mol. The second-order valence-corrected chi connectivity index (χ2v) is 7.52. The van der Waals surface area contributed by atoms with Crippen LogP contribution >= 0.6 is 7.65 Å². The summed E-state index contributed by atoms with van der Waals surface area (Å²) in [4.78, 5) is 0. The molecule has 27 heavy (non-hydrogen) atoms. The van der Waals surface area contributed by atoms with Gasteiger partial charge in [-0.15, -0.1) is 0 Å². The van der Waals surface area contributed by atoms with E-state index in [0.29, 0.717) is 32.6 Å². The van der Waals surface area contributed by atoms with Crippen LogP contribution in [0.5, 0.6) is 11.5 Å². The summed E-state index contributed by atoms with van der Waals surface area (Å²) in [7, 11) is -2.14. The van der Waals surface area contributed by atoms with E-state index >= 15 is 0 Å². The third-order valence-electron chi connectivity index (χ3n) is 4.86. The Morgan fingerprint density at radius 2 is 1.41 bits per heavy atom. The Kier molecular flexibility index (Phi) is 3.43. The molecule has 130 valence electrons. The fourth-order valence-corrected chi connectivity index (χ4v) is 4.88. The van der Waals surface area contributed by atoms with Gasteiger partial charge in [0, 0.05) is 27.3 Å². The maximum atomic E-state index is 13.0. The SMILES string of the molecule is O=[p+]1oc2ccccc2c2cccc(-c3c(O)ccc4c(O)cccc34)c21. The Morgan fingerprint density at radius 1 is 0.667 bits per heavy atom. The van der Waals surface area contributed by atoms with Gasteiger partial charge in [0.25, 0.3) is 0 Å². The summed E-state index contributed by atoms with van der Waals surface area (Å²) in [5.74, 6) is 0.188. The lowest BCUT2D eigenvalue weighted by Crippen LogP contribution is -1.86. The zero-order valence-electron chi connectivity index (χ0n) is 14.1. The van der Waals surface area contributed by atoms with Gasteiger partial charge >= 0.3 is 7.65 Å². The summed E-state index contributed by atoms with van der Waals surface area (Å²) in [5.41, 5.74) is 1.76. The van der Waals surface area contributed by atoms with Gasteiger partial charge in [-0.2, -0.15) is 0 Å². The number of phenols is 2. The highest BCUT2D eigenvalue weighted by molar-refractivity contribution is 7.37. The molecule has 1 heterocycles. The van der Waals surface area contributed by atoms with Gasteiger partial charge in [0.2, 0.25) is 5.12 Å². The van der Waals surface area contributed by atoms with E-state index in [1.165, 1.54) is 0 Å². The summed E-state index contributed by atoms with van der Waals surface area (Å²) in [6.07, 6.45) is 0. The van der Waals surface area contributed by atoms with Crippen LogP contribution in [0.3, 0.4) is 0 Å². The maximum absolute atomic E-state index is 13.0. The van der Waals surface area contributed by atoms with Crippen LogP contribution in [-0.2, 0) is 4.57 Å². The molecule has 0 amide bonds. The lowest BCUT2D eigenvalue weighted by Gasteiger charge is -2.10. The van der Waals surface area contributed by atoms with Crippen LogP contribution in [0, 0.1) is 0 Å². The van der Waals surface area contributed by atoms with Crippen molar-refractivity contribution in [1.29, 1.82) is 0 Å². The van der Waals surface area contributed by atoms with Crippen LogP contribution in [-0.4, -0.2) is 10.2 Å². The summed E-state index contributed by atoms with van der Waals surface area (Å²) in [6, 6.07) is 21.4. The molecule has 0 fully saturated rings. The summed E-state index contributed by atoms with van der Waals surface area (Å²) >= 11 is 0. The molecule has 0 aliphatic carbocycles. The molecular formula is C22H14O4P+. The van der Waals surface area contributed by atoms with Crippen LogP contribution in [0.15, 0.2) is 77.0 Å². The van der Waals surface area contributed by atoms with E-state index in [9.17, 15) is 14.8 Å². The lowest BCUT2D eigenvalue weighted by molar-refractivity contribution is 0.477. The highest BCUT2D eigenvalue weighted by atomic mass is 31.1. The molecule has 0 bridgehead atoms. The summed E-state index contributed by atoms with van der Waals surface area (Å²) < 4.78 is 18.6. The number of aromatic hydroxyl groups is 2. The molecule has 0 saturated carbocycles. The molecule has 0 radical (unpaired) electrons. The number of phenolic OH excluding ortho intramolecular Hbond substituents is 2. The Labute approximate surface area is 154 Å². The van der Waals surface area contributed by atoms with E-state index in [-0.39, 0.29) is 11.5 Å². The van der Waals surface area contributed by atoms with Gasteiger partial charge in [-0.3, -0.25) is 0 Å². The average molecular weight is 373 g/mol. The van der Waals surface area contributed by atoms with E-state index in [4.69, 9.17) is 4.20 Å². The van der Waals surface area contributed by atoms with Gasteiger partial charge in [0.15, 0.2) is 5.58 Å². The van der Waals surface area contributed by atoms with Crippen molar-refractivity contribution in [1.82, 2.24) is 0 Å². The average Bonchev–Trinajstić information content (AvgIpc) is 2.68. The smallest absolute Gasteiger partial charge is 0.507 e. The first-order valence-electron chi connectivity index (χ1n) is 8.47. The molecule has 1 unspecified atom stereocenters. The van der Waals surface area contributed by atoms with Gasteiger partial charge in [0.05, 0.1) is 0 Å². The minimum Gasteiger partial charge on any atom is -0.507 e. The molecule has 0 aliphatic heterocycles. The quantitative estimate of drug-likeness (QED) is 0.326. The Morgan fingerprint density at radius 3 is 2.30 bits per heavy atom. The molecule has 0 saturated heterocycles. The standard InChI is InChI=1S/C22H13O4P/c23-18-9-4-6-15-13(18)11-12-19(24)21(15)17-8-3-7-16-14-5-1-2-10-20(14)26-27(25)22(16)17/h1-12H,(H-,23,24,25)/p+1. The molecule has 2 N–H and O–H groups in total. The first kappa shape index (κ1) is 15.9. The molecule has 1 atom stereocenters. The lowest BCUT2D eigenvalue weighted by atomic mass is 9.95. The van der Waals surface area contributed by atoms with Crippen LogP contribution in [0.4, 0.5) is 0 Å². The van der Waals surface area contributed by atoms with Gasteiger partial charge in [-0.25, -0.2) is 4.20 Å².